The van der Waals surface area contributed by atoms with E-state index in [1.54, 1.807) is 7.11 Å². The molecule has 1 heterocycles. The molecule has 1 fully saturated rings. The van der Waals surface area contributed by atoms with Crippen molar-refractivity contribution in [1.29, 1.82) is 0 Å². The molecule has 0 saturated carbocycles. The van der Waals surface area contributed by atoms with Crippen molar-refractivity contribution in [3.63, 3.8) is 0 Å². The molecular weight excluding hydrogens is 288 g/mol. The molecule has 1 aliphatic heterocycles. The van der Waals surface area contributed by atoms with Crippen LogP contribution >= 0.6 is 0 Å². The molecule has 23 heavy (non-hydrogen) atoms. The van der Waals surface area contributed by atoms with Crippen LogP contribution < -0.4 is 10.5 Å². The summed E-state index contributed by atoms with van der Waals surface area (Å²) < 4.78 is 5.57. The van der Waals surface area contributed by atoms with Crippen LogP contribution in [0.4, 0.5) is 0 Å². The molecular formula is C19H22N2O2. The predicted molar refractivity (Wildman–Crippen MR) is 91.0 cm³/mol. The molecule has 0 aliphatic carbocycles. The summed E-state index contributed by atoms with van der Waals surface area (Å²) in [7, 11) is 1.70. The molecule has 1 atom stereocenters. The van der Waals surface area contributed by atoms with Crippen molar-refractivity contribution >= 4 is 5.91 Å². The van der Waals surface area contributed by atoms with Crippen molar-refractivity contribution in [3.8, 4) is 16.9 Å². The molecule has 1 aliphatic rings. The number of hydrogen-bond donors (Lipinski definition) is 1. The summed E-state index contributed by atoms with van der Waals surface area (Å²) in [5.41, 5.74) is 8.85. The number of hydrogen-bond acceptors (Lipinski definition) is 3. The summed E-state index contributed by atoms with van der Waals surface area (Å²) in [6.45, 7) is 2.41. The van der Waals surface area contributed by atoms with Crippen molar-refractivity contribution in [1.82, 2.24) is 4.90 Å². The third-order valence-corrected chi connectivity index (χ3v) is 4.46. The SMILES string of the molecule is COc1cc(-c2ccccc2)ccc1CN1CC[C@@H](C(N)=O)C1. The lowest BCUT2D eigenvalue weighted by molar-refractivity contribution is -0.121. The number of amides is 1. The van der Waals surface area contributed by atoms with Crippen molar-refractivity contribution in [2.24, 2.45) is 11.7 Å². The van der Waals surface area contributed by atoms with E-state index in [1.165, 1.54) is 5.56 Å². The van der Waals surface area contributed by atoms with E-state index in [0.717, 1.165) is 42.9 Å². The van der Waals surface area contributed by atoms with Crippen LogP contribution in [0.25, 0.3) is 11.1 Å². The maximum absolute atomic E-state index is 11.3. The van der Waals surface area contributed by atoms with E-state index in [2.05, 4.69) is 35.2 Å². The first-order valence-corrected chi connectivity index (χ1v) is 7.91. The summed E-state index contributed by atoms with van der Waals surface area (Å²) in [5.74, 6) is 0.664. The number of methoxy groups -OCH3 is 1. The van der Waals surface area contributed by atoms with Gasteiger partial charge in [-0.25, -0.2) is 0 Å². The number of likely N-dealkylation sites (tertiary alicyclic amines) is 1. The second-order valence-corrected chi connectivity index (χ2v) is 6.02. The van der Waals surface area contributed by atoms with Gasteiger partial charge in [0.05, 0.1) is 13.0 Å². The fourth-order valence-corrected chi connectivity index (χ4v) is 3.13. The highest BCUT2D eigenvalue weighted by atomic mass is 16.5. The molecule has 4 heteroatoms. The standard InChI is InChI=1S/C19H22N2O2/c1-23-18-11-15(14-5-3-2-4-6-14)7-8-16(18)12-21-10-9-17(13-21)19(20)22/h2-8,11,17H,9-10,12-13H2,1H3,(H2,20,22)/t17-/m1/s1. The van der Waals surface area contributed by atoms with Gasteiger partial charge in [-0.2, -0.15) is 0 Å². The fraction of sp³-hybridized carbons (Fsp3) is 0.316. The minimum absolute atomic E-state index is 0.0235. The van der Waals surface area contributed by atoms with E-state index in [1.807, 2.05) is 18.2 Å². The van der Waals surface area contributed by atoms with Gasteiger partial charge in [0.15, 0.2) is 0 Å². The van der Waals surface area contributed by atoms with Gasteiger partial charge >= 0.3 is 0 Å². The summed E-state index contributed by atoms with van der Waals surface area (Å²) in [4.78, 5) is 13.6. The highest BCUT2D eigenvalue weighted by molar-refractivity contribution is 5.77. The van der Waals surface area contributed by atoms with Crippen LogP contribution in [0.5, 0.6) is 5.75 Å². The smallest absolute Gasteiger partial charge is 0.221 e. The van der Waals surface area contributed by atoms with E-state index in [9.17, 15) is 4.79 Å². The maximum atomic E-state index is 11.3. The zero-order chi connectivity index (χ0) is 16.2. The zero-order valence-corrected chi connectivity index (χ0v) is 13.4. The minimum Gasteiger partial charge on any atom is -0.496 e. The van der Waals surface area contributed by atoms with Crippen LogP contribution in [-0.4, -0.2) is 31.0 Å². The van der Waals surface area contributed by atoms with E-state index in [-0.39, 0.29) is 11.8 Å². The molecule has 3 rings (SSSR count). The summed E-state index contributed by atoms with van der Waals surface area (Å²) >= 11 is 0. The molecule has 0 bridgehead atoms. The van der Waals surface area contributed by atoms with E-state index in [4.69, 9.17) is 10.5 Å². The van der Waals surface area contributed by atoms with Gasteiger partial charge in [-0.05, 0) is 30.2 Å². The van der Waals surface area contributed by atoms with Gasteiger partial charge in [0.25, 0.3) is 0 Å². The average molecular weight is 310 g/mol. The summed E-state index contributed by atoms with van der Waals surface area (Å²) in [6.07, 6.45) is 0.847. The monoisotopic (exact) mass is 310 g/mol. The van der Waals surface area contributed by atoms with Crippen molar-refractivity contribution in [2.75, 3.05) is 20.2 Å². The highest BCUT2D eigenvalue weighted by Gasteiger charge is 2.26. The van der Waals surface area contributed by atoms with Gasteiger partial charge in [0.2, 0.25) is 5.91 Å². The first-order chi connectivity index (χ1) is 11.2. The topological polar surface area (TPSA) is 55.6 Å². The molecule has 2 aromatic rings. The quantitative estimate of drug-likeness (QED) is 0.924. The lowest BCUT2D eigenvalue weighted by Crippen LogP contribution is -2.27. The Balaban J connectivity index is 1.77. The molecule has 1 saturated heterocycles. The van der Waals surface area contributed by atoms with Gasteiger partial charge in [-0.15, -0.1) is 0 Å². The van der Waals surface area contributed by atoms with Crippen molar-refractivity contribution < 1.29 is 9.53 Å². The fourth-order valence-electron chi connectivity index (χ4n) is 3.13. The average Bonchev–Trinajstić information content (AvgIpc) is 3.05. The first-order valence-electron chi connectivity index (χ1n) is 7.91. The third-order valence-electron chi connectivity index (χ3n) is 4.46. The van der Waals surface area contributed by atoms with Crippen LogP contribution in [0, 0.1) is 5.92 Å². The number of nitrogens with two attached hydrogens (primary N) is 1. The van der Waals surface area contributed by atoms with Crippen LogP contribution in [0.1, 0.15) is 12.0 Å². The Morgan fingerprint density at radius 2 is 2.00 bits per heavy atom. The van der Waals surface area contributed by atoms with Gasteiger partial charge in [-0.1, -0.05) is 42.5 Å². The number of carbonyl (C=O) groups excluding carboxylic acids is 1. The Kier molecular flexibility index (Phi) is 4.63. The lowest BCUT2D eigenvalue weighted by Gasteiger charge is -2.18. The van der Waals surface area contributed by atoms with Gasteiger partial charge in [-0.3, -0.25) is 9.69 Å². The van der Waals surface area contributed by atoms with Gasteiger partial charge < -0.3 is 10.5 Å². The number of nitrogens with zero attached hydrogens (tertiary/aromatic N) is 1. The number of carbonyl (C=O) groups is 1. The Labute approximate surface area is 136 Å². The van der Waals surface area contributed by atoms with Crippen molar-refractivity contribution in [3.05, 3.63) is 54.1 Å². The molecule has 0 spiro atoms. The molecule has 2 N–H and O–H groups in total. The van der Waals surface area contributed by atoms with Crippen LogP contribution in [0.2, 0.25) is 0 Å². The van der Waals surface area contributed by atoms with Crippen molar-refractivity contribution in [2.45, 2.75) is 13.0 Å². The highest BCUT2D eigenvalue weighted by Crippen LogP contribution is 2.29. The lowest BCUT2D eigenvalue weighted by atomic mass is 10.0. The minimum atomic E-state index is -0.195. The van der Waals surface area contributed by atoms with E-state index < -0.39 is 0 Å². The van der Waals surface area contributed by atoms with Crippen LogP contribution in [-0.2, 0) is 11.3 Å². The third kappa shape index (κ3) is 3.54. The Morgan fingerprint density at radius 1 is 1.22 bits per heavy atom. The number of rotatable bonds is 5. The second-order valence-electron chi connectivity index (χ2n) is 6.02. The first kappa shape index (κ1) is 15.6. The van der Waals surface area contributed by atoms with Gasteiger partial charge in [0, 0.05) is 18.7 Å². The predicted octanol–water partition coefficient (Wildman–Crippen LogP) is 2.67. The van der Waals surface area contributed by atoms with Crippen LogP contribution in [0.15, 0.2) is 48.5 Å². The normalized spacial score (nSPS) is 18.0. The number of benzene rings is 2. The van der Waals surface area contributed by atoms with E-state index >= 15 is 0 Å². The molecule has 4 nitrogen and oxygen atoms in total. The summed E-state index contributed by atoms with van der Waals surface area (Å²) in [6, 6.07) is 16.6. The Hall–Kier alpha value is -2.33. The summed E-state index contributed by atoms with van der Waals surface area (Å²) in [5, 5.41) is 0. The largest absolute Gasteiger partial charge is 0.496 e. The number of primary amides is 1. The Morgan fingerprint density at radius 3 is 2.65 bits per heavy atom. The molecule has 120 valence electrons. The van der Waals surface area contributed by atoms with E-state index in [0.29, 0.717) is 0 Å². The molecule has 0 aromatic heterocycles. The second kappa shape index (κ2) is 6.84. The molecule has 0 radical (unpaired) electrons. The zero-order valence-electron chi connectivity index (χ0n) is 13.4. The Bertz CT molecular complexity index is 685. The molecule has 0 unspecified atom stereocenters. The van der Waals surface area contributed by atoms with Crippen LogP contribution in [0.3, 0.4) is 0 Å². The maximum Gasteiger partial charge on any atom is 0.221 e. The number of ether oxygens (including phenoxy) is 1. The molecule has 1 amide bonds. The molecule has 2 aromatic carbocycles. The van der Waals surface area contributed by atoms with Gasteiger partial charge in [0.1, 0.15) is 5.75 Å².